The first-order chi connectivity index (χ1) is 18.2. The number of aliphatic hydroxyl groups excluding tert-OH is 2. The van der Waals surface area contributed by atoms with E-state index in [1.807, 2.05) is 32.1 Å². The summed E-state index contributed by atoms with van der Waals surface area (Å²) in [7, 11) is -1.74. The third kappa shape index (κ3) is 5.47. The smallest absolute Gasteiger partial charge is 0.488 e. The number of aromatic hydroxyl groups is 1. The Labute approximate surface area is 222 Å². The molecular formula is C29H34BNO7. The van der Waals surface area contributed by atoms with E-state index < -0.39 is 36.9 Å². The van der Waals surface area contributed by atoms with Gasteiger partial charge in [0.1, 0.15) is 5.75 Å². The number of hydrogen-bond donors (Lipinski definition) is 5. The fourth-order valence-electron chi connectivity index (χ4n) is 5.82. The molecule has 1 saturated heterocycles. The van der Waals surface area contributed by atoms with Crippen molar-refractivity contribution in [2.45, 2.75) is 45.6 Å². The van der Waals surface area contributed by atoms with E-state index in [-0.39, 0.29) is 29.4 Å². The van der Waals surface area contributed by atoms with Crippen LogP contribution in [0.2, 0.25) is 0 Å². The Hall–Kier alpha value is -3.24. The average molecular weight is 519 g/mol. The summed E-state index contributed by atoms with van der Waals surface area (Å²) in [4.78, 5) is 28.1. The van der Waals surface area contributed by atoms with Crippen LogP contribution in [0.3, 0.4) is 0 Å². The molecule has 8 nitrogen and oxygen atoms in total. The molecule has 1 fully saturated rings. The van der Waals surface area contributed by atoms with Crippen molar-refractivity contribution < 1.29 is 35.0 Å². The summed E-state index contributed by atoms with van der Waals surface area (Å²) in [5, 5.41) is 50.3. The highest BCUT2D eigenvalue weighted by Gasteiger charge is 2.55. The third-order valence-electron chi connectivity index (χ3n) is 7.71. The highest BCUT2D eigenvalue weighted by Crippen LogP contribution is 2.47. The molecule has 4 rings (SSSR count). The first-order valence-corrected chi connectivity index (χ1v) is 13.0. The Balaban J connectivity index is 1.57. The molecule has 0 radical (unpaired) electrons. The van der Waals surface area contributed by atoms with E-state index in [4.69, 9.17) is 0 Å². The van der Waals surface area contributed by atoms with Gasteiger partial charge in [0.15, 0.2) is 0 Å². The predicted octanol–water partition coefficient (Wildman–Crippen LogP) is 2.14. The van der Waals surface area contributed by atoms with Gasteiger partial charge in [-0.05, 0) is 73.5 Å². The summed E-state index contributed by atoms with van der Waals surface area (Å²) < 4.78 is 0. The zero-order valence-electron chi connectivity index (χ0n) is 21.6. The van der Waals surface area contributed by atoms with Gasteiger partial charge in [-0.1, -0.05) is 48.4 Å². The van der Waals surface area contributed by atoms with Crippen molar-refractivity contribution in [2.75, 3.05) is 11.5 Å². The minimum absolute atomic E-state index is 0.163. The van der Waals surface area contributed by atoms with E-state index in [2.05, 4.69) is 0 Å². The van der Waals surface area contributed by atoms with Crippen LogP contribution in [0, 0.1) is 17.8 Å². The lowest BCUT2D eigenvalue weighted by molar-refractivity contribution is -0.123. The number of imide groups is 1. The minimum atomic E-state index is -1.74. The van der Waals surface area contributed by atoms with E-state index in [9.17, 15) is 35.0 Å². The SMILES string of the molecule is CCC1=C([C@H](O)CC/C(C)=C/c2ccc(O)cc2)[C@H](CO)[C@@H]2C(=O)N(c3cccc(B(O)O)c3)C(=O)[C@@H]2C1. The summed E-state index contributed by atoms with van der Waals surface area (Å²) in [5.41, 5.74) is 3.93. The van der Waals surface area contributed by atoms with Crippen LogP contribution < -0.4 is 10.4 Å². The average Bonchev–Trinajstić information content (AvgIpc) is 3.16. The Morgan fingerprint density at radius 1 is 1.13 bits per heavy atom. The van der Waals surface area contributed by atoms with Crippen LogP contribution in [0.15, 0.2) is 65.3 Å². The van der Waals surface area contributed by atoms with Crippen molar-refractivity contribution in [1.82, 2.24) is 0 Å². The molecule has 2 aromatic rings. The molecule has 9 heteroatoms. The lowest BCUT2D eigenvalue weighted by Crippen LogP contribution is -2.39. The van der Waals surface area contributed by atoms with Gasteiger partial charge in [-0.3, -0.25) is 14.5 Å². The molecule has 0 unspecified atom stereocenters. The van der Waals surface area contributed by atoms with Gasteiger partial charge in [-0.25, -0.2) is 0 Å². The summed E-state index contributed by atoms with van der Waals surface area (Å²) in [5.74, 6) is -2.78. The van der Waals surface area contributed by atoms with E-state index in [0.29, 0.717) is 31.3 Å². The summed E-state index contributed by atoms with van der Waals surface area (Å²) in [6, 6.07) is 12.9. The molecule has 1 aliphatic carbocycles. The fraction of sp³-hybridized carbons (Fsp3) is 0.379. The first-order valence-electron chi connectivity index (χ1n) is 13.0. The molecule has 200 valence electrons. The van der Waals surface area contributed by atoms with Crippen molar-refractivity contribution in [2.24, 2.45) is 17.8 Å². The van der Waals surface area contributed by atoms with E-state index in [0.717, 1.165) is 21.6 Å². The maximum Gasteiger partial charge on any atom is 0.488 e. The number of anilines is 1. The molecule has 0 aromatic heterocycles. The van der Waals surface area contributed by atoms with Crippen LogP contribution in [0.25, 0.3) is 6.08 Å². The second kappa shape index (κ2) is 11.7. The number of allylic oxidation sites excluding steroid dienone is 2. The quantitative estimate of drug-likeness (QED) is 0.194. The molecule has 1 aliphatic heterocycles. The summed E-state index contributed by atoms with van der Waals surface area (Å²) in [6.07, 6.45) is 3.00. The van der Waals surface area contributed by atoms with Crippen LogP contribution in [-0.2, 0) is 9.59 Å². The largest absolute Gasteiger partial charge is 0.508 e. The van der Waals surface area contributed by atoms with Gasteiger partial charge in [0.05, 0.1) is 30.2 Å². The lowest BCUT2D eigenvalue weighted by Gasteiger charge is -2.36. The highest BCUT2D eigenvalue weighted by atomic mass is 16.4. The van der Waals surface area contributed by atoms with Gasteiger partial charge in [0.2, 0.25) is 11.8 Å². The molecule has 0 saturated carbocycles. The van der Waals surface area contributed by atoms with Crippen LogP contribution in [0.4, 0.5) is 5.69 Å². The fourth-order valence-corrected chi connectivity index (χ4v) is 5.82. The Morgan fingerprint density at radius 3 is 2.47 bits per heavy atom. The molecule has 38 heavy (non-hydrogen) atoms. The monoisotopic (exact) mass is 519 g/mol. The standard InChI is InChI=1S/C29H34BNO7/c1-3-19-14-23-27(29(36)31(28(23)35)21-6-4-5-20(15-21)30(37)38)24(16-32)26(19)25(34)12-7-17(2)13-18-8-10-22(33)11-9-18/h4-6,8-11,13,15,23-25,27,32-34,37-38H,3,7,12,14,16H2,1-2H3/b17-13+/t23-,24+,25-,27-/m1/s1. The first kappa shape index (κ1) is 27.8. The maximum atomic E-state index is 13.6. The summed E-state index contributed by atoms with van der Waals surface area (Å²) >= 11 is 0. The number of phenolic OH excluding ortho intramolecular Hbond substituents is 1. The van der Waals surface area contributed by atoms with E-state index >= 15 is 0 Å². The van der Waals surface area contributed by atoms with Crippen molar-refractivity contribution in [1.29, 1.82) is 0 Å². The predicted molar refractivity (Wildman–Crippen MR) is 145 cm³/mol. The molecular weight excluding hydrogens is 485 g/mol. The number of carbonyl (C=O) groups is 2. The van der Waals surface area contributed by atoms with Gasteiger partial charge in [-0.15, -0.1) is 0 Å². The Morgan fingerprint density at radius 2 is 1.84 bits per heavy atom. The zero-order valence-corrected chi connectivity index (χ0v) is 21.6. The molecule has 0 spiro atoms. The number of aliphatic hydroxyl groups is 2. The second-order valence-electron chi connectivity index (χ2n) is 10.2. The molecule has 2 aliphatic rings. The van der Waals surface area contributed by atoms with Gasteiger partial charge in [0.25, 0.3) is 0 Å². The van der Waals surface area contributed by atoms with Crippen LogP contribution in [-0.4, -0.2) is 57.0 Å². The molecule has 5 N–H and O–H groups in total. The zero-order chi connectivity index (χ0) is 27.6. The molecule has 2 amide bonds. The molecule has 2 aromatic carbocycles. The van der Waals surface area contributed by atoms with E-state index in [1.165, 1.54) is 12.1 Å². The number of phenols is 1. The Bertz CT molecular complexity index is 1250. The number of benzene rings is 2. The third-order valence-corrected chi connectivity index (χ3v) is 7.71. The normalized spacial score (nSPS) is 22.6. The Kier molecular flexibility index (Phi) is 8.52. The second-order valence-corrected chi connectivity index (χ2v) is 10.2. The highest BCUT2D eigenvalue weighted by molar-refractivity contribution is 6.58. The lowest BCUT2D eigenvalue weighted by atomic mass is 9.67. The minimum Gasteiger partial charge on any atom is -0.508 e. The number of hydrogen-bond acceptors (Lipinski definition) is 7. The summed E-state index contributed by atoms with van der Waals surface area (Å²) in [6.45, 7) is 3.53. The number of fused-ring (bicyclic) bond motifs is 1. The number of amides is 2. The van der Waals surface area contributed by atoms with Crippen molar-refractivity contribution >= 4 is 36.2 Å². The van der Waals surface area contributed by atoms with Crippen LogP contribution in [0.5, 0.6) is 5.75 Å². The van der Waals surface area contributed by atoms with Gasteiger partial charge in [0, 0.05) is 5.92 Å². The van der Waals surface area contributed by atoms with E-state index in [1.54, 1.807) is 24.3 Å². The van der Waals surface area contributed by atoms with Gasteiger partial charge in [-0.2, -0.15) is 0 Å². The topological polar surface area (TPSA) is 139 Å². The maximum absolute atomic E-state index is 13.6. The number of nitrogens with zero attached hydrogens (tertiary/aromatic N) is 1. The number of carbonyl (C=O) groups excluding carboxylic acids is 2. The van der Waals surface area contributed by atoms with Crippen LogP contribution in [0.1, 0.15) is 45.1 Å². The molecule has 1 heterocycles. The van der Waals surface area contributed by atoms with Crippen molar-refractivity contribution in [3.8, 4) is 5.75 Å². The van der Waals surface area contributed by atoms with Crippen LogP contribution >= 0.6 is 0 Å². The van der Waals surface area contributed by atoms with Crippen molar-refractivity contribution in [3.63, 3.8) is 0 Å². The molecule has 4 atom stereocenters. The van der Waals surface area contributed by atoms with Crippen molar-refractivity contribution in [3.05, 3.63) is 70.8 Å². The van der Waals surface area contributed by atoms with Gasteiger partial charge >= 0.3 is 7.12 Å². The van der Waals surface area contributed by atoms with Gasteiger partial charge < -0.3 is 25.4 Å². The molecule has 0 bridgehead atoms. The number of rotatable bonds is 9.